The first kappa shape index (κ1) is 26.6. The van der Waals surface area contributed by atoms with E-state index in [4.69, 9.17) is 21.1 Å². The Kier molecular flexibility index (Phi) is 9.07. The number of carbonyl (C=O) groups excluding carboxylic acids is 2. The van der Waals surface area contributed by atoms with Crippen molar-refractivity contribution in [3.8, 4) is 11.5 Å². The van der Waals surface area contributed by atoms with E-state index in [0.717, 1.165) is 22.4 Å². The minimum atomic E-state index is -0.659. The van der Waals surface area contributed by atoms with Crippen molar-refractivity contribution in [3.05, 3.63) is 94.5 Å². The Hall–Kier alpha value is -3.51. The van der Waals surface area contributed by atoms with Crippen LogP contribution in [-0.4, -0.2) is 42.0 Å². The number of nitrogens with zero attached hydrogens (tertiary/aromatic N) is 1. The molecular formula is C30H33ClN2O4. The maximum atomic E-state index is 13.8. The molecule has 0 spiro atoms. The fourth-order valence-corrected chi connectivity index (χ4v) is 4.49. The summed E-state index contributed by atoms with van der Waals surface area (Å²) in [6.07, 6.45) is 1.20. The number of hydrogen-bond acceptors (Lipinski definition) is 4. The van der Waals surface area contributed by atoms with E-state index in [1.807, 2.05) is 74.5 Å². The second-order valence-electron chi connectivity index (χ2n) is 9.49. The molecule has 1 aliphatic rings. The molecule has 1 aliphatic heterocycles. The van der Waals surface area contributed by atoms with E-state index in [0.29, 0.717) is 43.4 Å². The lowest BCUT2D eigenvalue weighted by atomic mass is 10.0. The third-order valence-corrected chi connectivity index (χ3v) is 6.45. The van der Waals surface area contributed by atoms with Crippen LogP contribution in [-0.2, 0) is 29.0 Å². The number of aryl methyl sites for hydroxylation is 1. The number of fused-ring (bicyclic) bond motifs is 1. The van der Waals surface area contributed by atoms with Crippen LogP contribution < -0.4 is 14.8 Å². The number of nitrogens with one attached hydrogen (secondary N) is 1. The van der Waals surface area contributed by atoms with Crippen LogP contribution in [0.3, 0.4) is 0 Å². The first-order valence-electron chi connectivity index (χ1n) is 12.7. The molecule has 0 radical (unpaired) electrons. The van der Waals surface area contributed by atoms with Gasteiger partial charge in [-0.15, -0.1) is 0 Å². The highest BCUT2D eigenvalue weighted by Gasteiger charge is 2.30. The predicted octanol–water partition coefficient (Wildman–Crippen LogP) is 5.21. The fourth-order valence-electron chi connectivity index (χ4n) is 4.36. The van der Waals surface area contributed by atoms with Gasteiger partial charge in [-0.2, -0.15) is 0 Å². The molecule has 3 aromatic rings. The highest BCUT2D eigenvalue weighted by molar-refractivity contribution is 6.30. The summed E-state index contributed by atoms with van der Waals surface area (Å²) in [5.41, 5.74) is 2.88. The molecule has 0 bridgehead atoms. The summed E-state index contributed by atoms with van der Waals surface area (Å²) in [5, 5.41) is 3.64. The second kappa shape index (κ2) is 12.6. The predicted molar refractivity (Wildman–Crippen MR) is 145 cm³/mol. The standard InChI is InChI=1S/C30H33ClN2O4/c1-21(2)32-30(35)26(18-22-6-4-3-5-7-22)33(20-24-8-12-25(31)13-9-24)29(34)15-11-23-10-14-27-28(19-23)37-17-16-36-27/h3-10,12-14,19,21,26H,11,15-18,20H2,1-2H3,(H,32,35)/t26-/m1/s1. The number of carbonyl (C=O) groups is 2. The smallest absolute Gasteiger partial charge is 0.243 e. The minimum Gasteiger partial charge on any atom is -0.486 e. The van der Waals surface area contributed by atoms with Crippen molar-refractivity contribution >= 4 is 23.4 Å². The zero-order valence-corrected chi connectivity index (χ0v) is 22.0. The van der Waals surface area contributed by atoms with Gasteiger partial charge >= 0.3 is 0 Å². The first-order chi connectivity index (χ1) is 17.9. The Morgan fingerprint density at radius 2 is 1.57 bits per heavy atom. The van der Waals surface area contributed by atoms with E-state index < -0.39 is 6.04 Å². The average Bonchev–Trinajstić information content (AvgIpc) is 2.90. The van der Waals surface area contributed by atoms with Crippen LogP contribution in [0.5, 0.6) is 11.5 Å². The normalized spacial score (nSPS) is 13.2. The monoisotopic (exact) mass is 520 g/mol. The van der Waals surface area contributed by atoms with Crippen LogP contribution >= 0.6 is 11.6 Å². The van der Waals surface area contributed by atoms with Crippen molar-refractivity contribution in [2.45, 2.75) is 51.7 Å². The molecule has 0 unspecified atom stereocenters. The van der Waals surface area contributed by atoms with Crippen molar-refractivity contribution in [2.75, 3.05) is 13.2 Å². The van der Waals surface area contributed by atoms with Crippen LogP contribution in [0, 0.1) is 0 Å². The molecule has 0 aromatic heterocycles. The molecule has 37 heavy (non-hydrogen) atoms. The highest BCUT2D eigenvalue weighted by atomic mass is 35.5. The Morgan fingerprint density at radius 3 is 2.27 bits per heavy atom. The van der Waals surface area contributed by atoms with Gasteiger partial charge in [-0.25, -0.2) is 0 Å². The summed E-state index contributed by atoms with van der Waals surface area (Å²) in [5.74, 6) is 1.16. The fraction of sp³-hybridized carbons (Fsp3) is 0.333. The first-order valence-corrected chi connectivity index (χ1v) is 13.0. The van der Waals surface area contributed by atoms with Gasteiger partial charge in [0, 0.05) is 30.5 Å². The van der Waals surface area contributed by atoms with Crippen LogP contribution in [0.4, 0.5) is 0 Å². The quantitative estimate of drug-likeness (QED) is 0.398. The van der Waals surface area contributed by atoms with Gasteiger partial charge in [0.05, 0.1) is 0 Å². The maximum Gasteiger partial charge on any atom is 0.243 e. The molecule has 194 valence electrons. The minimum absolute atomic E-state index is 0.0454. The van der Waals surface area contributed by atoms with E-state index in [2.05, 4.69) is 5.32 Å². The summed E-state index contributed by atoms with van der Waals surface area (Å²) in [6, 6.07) is 22.2. The number of benzene rings is 3. The number of rotatable bonds is 10. The van der Waals surface area contributed by atoms with Gasteiger partial charge < -0.3 is 19.7 Å². The zero-order valence-electron chi connectivity index (χ0n) is 21.3. The third-order valence-electron chi connectivity index (χ3n) is 6.20. The van der Waals surface area contributed by atoms with E-state index >= 15 is 0 Å². The van der Waals surface area contributed by atoms with E-state index in [-0.39, 0.29) is 24.3 Å². The summed E-state index contributed by atoms with van der Waals surface area (Å²) in [7, 11) is 0. The van der Waals surface area contributed by atoms with Crippen molar-refractivity contribution < 1.29 is 19.1 Å². The van der Waals surface area contributed by atoms with Crippen LogP contribution in [0.25, 0.3) is 0 Å². The molecule has 0 saturated heterocycles. The van der Waals surface area contributed by atoms with Crippen LogP contribution in [0.1, 0.15) is 37.0 Å². The van der Waals surface area contributed by atoms with Gasteiger partial charge in [-0.1, -0.05) is 60.1 Å². The Labute approximate surface area is 223 Å². The number of ether oxygens (including phenoxy) is 2. The molecule has 3 aromatic carbocycles. The van der Waals surface area contributed by atoms with Crippen molar-refractivity contribution in [2.24, 2.45) is 0 Å². The van der Waals surface area contributed by atoms with Crippen LogP contribution in [0.2, 0.25) is 5.02 Å². The summed E-state index contributed by atoms with van der Waals surface area (Å²) in [4.78, 5) is 28.9. The zero-order chi connectivity index (χ0) is 26.2. The number of hydrogen-bond donors (Lipinski definition) is 1. The maximum absolute atomic E-state index is 13.8. The Balaban J connectivity index is 1.58. The molecule has 2 amide bonds. The molecule has 0 fully saturated rings. The molecule has 1 N–H and O–H groups in total. The topological polar surface area (TPSA) is 67.9 Å². The summed E-state index contributed by atoms with van der Waals surface area (Å²) < 4.78 is 11.3. The van der Waals surface area contributed by atoms with E-state index in [1.165, 1.54) is 0 Å². The number of halogens is 1. The second-order valence-corrected chi connectivity index (χ2v) is 9.93. The molecule has 6 nitrogen and oxygen atoms in total. The van der Waals surface area contributed by atoms with Crippen molar-refractivity contribution in [1.29, 1.82) is 0 Å². The average molecular weight is 521 g/mol. The molecule has 1 heterocycles. The highest BCUT2D eigenvalue weighted by Crippen LogP contribution is 2.31. The van der Waals surface area contributed by atoms with Gasteiger partial charge in [-0.3, -0.25) is 9.59 Å². The molecule has 1 atom stereocenters. The molecule has 7 heteroatoms. The van der Waals surface area contributed by atoms with Crippen molar-refractivity contribution in [3.63, 3.8) is 0 Å². The van der Waals surface area contributed by atoms with Gasteiger partial charge in [0.2, 0.25) is 11.8 Å². The third kappa shape index (κ3) is 7.49. The summed E-state index contributed by atoms with van der Waals surface area (Å²) in [6.45, 7) is 5.19. The molecule has 0 aliphatic carbocycles. The van der Waals surface area contributed by atoms with Gasteiger partial charge in [0.1, 0.15) is 19.3 Å². The lowest BCUT2D eigenvalue weighted by Gasteiger charge is -2.32. The van der Waals surface area contributed by atoms with Crippen LogP contribution in [0.15, 0.2) is 72.8 Å². The molecular weight excluding hydrogens is 488 g/mol. The largest absolute Gasteiger partial charge is 0.486 e. The van der Waals surface area contributed by atoms with Gasteiger partial charge in [0.15, 0.2) is 11.5 Å². The number of amides is 2. The Morgan fingerprint density at radius 1 is 0.892 bits per heavy atom. The van der Waals surface area contributed by atoms with E-state index in [1.54, 1.807) is 17.0 Å². The van der Waals surface area contributed by atoms with Gasteiger partial charge in [-0.05, 0) is 61.2 Å². The van der Waals surface area contributed by atoms with E-state index in [9.17, 15) is 9.59 Å². The van der Waals surface area contributed by atoms with Crippen molar-refractivity contribution in [1.82, 2.24) is 10.2 Å². The SMILES string of the molecule is CC(C)NC(=O)[C@@H](Cc1ccccc1)N(Cc1ccc(Cl)cc1)C(=O)CCc1ccc2c(c1)OCCO2. The van der Waals surface area contributed by atoms with Gasteiger partial charge in [0.25, 0.3) is 0 Å². The Bertz CT molecular complexity index is 1200. The lowest BCUT2D eigenvalue weighted by Crippen LogP contribution is -2.51. The lowest BCUT2D eigenvalue weighted by molar-refractivity contribution is -0.141. The molecule has 0 saturated carbocycles. The summed E-state index contributed by atoms with van der Waals surface area (Å²) >= 11 is 6.09. The molecule has 4 rings (SSSR count).